The van der Waals surface area contributed by atoms with Gasteiger partial charge in [-0.3, -0.25) is 4.90 Å². The number of morpholine rings is 1. The molecule has 1 saturated heterocycles. The molecule has 0 radical (unpaired) electrons. The van der Waals surface area contributed by atoms with E-state index in [0.717, 1.165) is 60.3 Å². The van der Waals surface area contributed by atoms with Gasteiger partial charge in [-0.2, -0.15) is 0 Å². The number of phenolic OH excluding ortho intramolecular Hbond substituents is 1. The van der Waals surface area contributed by atoms with Crippen LogP contribution in [0.4, 0.5) is 0 Å². The molecule has 4 nitrogen and oxygen atoms in total. The zero-order chi connectivity index (χ0) is 27.9. The summed E-state index contributed by atoms with van der Waals surface area (Å²) in [6.45, 7) is 13.9. The van der Waals surface area contributed by atoms with Crippen LogP contribution in [0.2, 0.25) is 0 Å². The molecule has 2 aliphatic rings. The zero-order valence-electron chi connectivity index (χ0n) is 26.1. The number of aryl methyl sites for hydroxylation is 1. The summed E-state index contributed by atoms with van der Waals surface area (Å²) < 4.78 is 29.9. The molecule has 1 aromatic carbocycles. The van der Waals surface area contributed by atoms with Crippen LogP contribution in [0.1, 0.15) is 118 Å². The van der Waals surface area contributed by atoms with Gasteiger partial charge in [0.15, 0.2) is 0 Å². The Bertz CT molecular complexity index is 884. The van der Waals surface area contributed by atoms with Gasteiger partial charge in [-0.1, -0.05) is 72.6 Å². The molecule has 0 saturated carbocycles. The van der Waals surface area contributed by atoms with Gasteiger partial charge in [0.2, 0.25) is 0 Å². The van der Waals surface area contributed by atoms with Crippen LogP contribution in [0.15, 0.2) is 6.07 Å². The first-order valence-electron chi connectivity index (χ1n) is 15.8. The molecule has 3 rings (SSSR count). The SMILES string of the molecule is [2H]C([2H])(c1c(O)cc(C)c2c1CC[C@@](C)(CCCC(C)CCCC(C)CCCC(C)C)O2)N1CCOCC1. The van der Waals surface area contributed by atoms with Gasteiger partial charge in [-0.15, -0.1) is 0 Å². The number of nitrogens with zero attached hydrogens (tertiary/aromatic N) is 1. The van der Waals surface area contributed by atoms with Gasteiger partial charge in [0.25, 0.3) is 0 Å². The Morgan fingerprint density at radius 1 is 1.00 bits per heavy atom. The van der Waals surface area contributed by atoms with Crippen molar-refractivity contribution in [3.8, 4) is 11.5 Å². The zero-order valence-corrected chi connectivity index (χ0v) is 24.1. The highest BCUT2D eigenvalue weighted by atomic mass is 16.5. The topological polar surface area (TPSA) is 41.9 Å². The van der Waals surface area contributed by atoms with Crippen molar-refractivity contribution in [2.75, 3.05) is 26.3 Å². The molecule has 0 aliphatic carbocycles. The summed E-state index contributed by atoms with van der Waals surface area (Å²) >= 11 is 0. The molecule has 0 amide bonds. The number of rotatable bonds is 14. The molecule has 1 aromatic rings. The van der Waals surface area contributed by atoms with Crippen molar-refractivity contribution in [3.05, 3.63) is 22.8 Å². The molecular formula is C32H55NO3. The Labute approximate surface area is 224 Å². The van der Waals surface area contributed by atoms with E-state index in [4.69, 9.17) is 12.2 Å². The molecule has 4 heteroatoms. The minimum absolute atomic E-state index is 0.0352. The normalized spacial score (nSPS) is 23.5. The Morgan fingerprint density at radius 2 is 1.61 bits per heavy atom. The van der Waals surface area contributed by atoms with Crippen molar-refractivity contribution >= 4 is 0 Å². The second-order valence-electron chi connectivity index (χ2n) is 12.5. The Morgan fingerprint density at radius 3 is 2.25 bits per heavy atom. The predicted octanol–water partition coefficient (Wildman–Crippen LogP) is 8.06. The van der Waals surface area contributed by atoms with Crippen molar-refractivity contribution < 1.29 is 17.3 Å². The minimum Gasteiger partial charge on any atom is -0.508 e. The van der Waals surface area contributed by atoms with Crippen molar-refractivity contribution in [1.82, 2.24) is 4.90 Å². The predicted molar refractivity (Wildman–Crippen MR) is 151 cm³/mol. The summed E-state index contributed by atoms with van der Waals surface area (Å²) in [5.74, 6) is 3.22. The number of ether oxygens (including phenoxy) is 2. The molecule has 206 valence electrons. The summed E-state index contributed by atoms with van der Waals surface area (Å²) in [5, 5.41) is 10.9. The number of hydrogen-bond donors (Lipinski definition) is 1. The van der Waals surface area contributed by atoms with Crippen LogP contribution < -0.4 is 4.74 Å². The lowest BCUT2D eigenvalue weighted by Gasteiger charge is -2.38. The average molecular weight is 504 g/mol. The molecular weight excluding hydrogens is 446 g/mol. The highest BCUT2D eigenvalue weighted by Gasteiger charge is 2.34. The van der Waals surface area contributed by atoms with E-state index in [0.29, 0.717) is 31.9 Å². The molecule has 0 aromatic heterocycles. The second-order valence-corrected chi connectivity index (χ2v) is 12.5. The van der Waals surface area contributed by atoms with Gasteiger partial charge < -0.3 is 14.6 Å². The van der Waals surface area contributed by atoms with Gasteiger partial charge in [0.1, 0.15) is 17.1 Å². The van der Waals surface area contributed by atoms with E-state index in [1.807, 2.05) is 6.92 Å². The summed E-state index contributed by atoms with van der Waals surface area (Å²) in [6, 6.07) is 1.68. The summed E-state index contributed by atoms with van der Waals surface area (Å²) in [7, 11) is 0. The lowest BCUT2D eigenvalue weighted by molar-refractivity contribution is 0.0325. The molecule has 0 spiro atoms. The first-order valence-corrected chi connectivity index (χ1v) is 14.8. The lowest BCUT2D eigenvalue weighted by atomic mass is 9.84. The second kappa shape index (κ2) is 14.0. The van der Waals surface area contributed by atoms with E-state index in [1.165, 1.54) is 44.9 Å². The Kier molecular flexibility index (Phi) is 10.3. The maximum absolute atomic E-state index is 10.9. The molecule has 2 heterocycles. The van der Waals surface area contributed by atoms with E-state index in [1.54, 1.807) is 11.0 Å². The molecule has 36 heavy (non-hydrogen) atoms. The van der Waals surface area contributed by atoms with Gasteiger partial charge in [0.05, 0.1) is 13.2 Å². The molecule has 1 fully saturated rings. The molecule has 3 atom stereocenters. The number of aromatic hydroxyl groups is 1. The van der Waals surface area contributed by atoms with Gasteiger partial charge in [0, 0.05) is 33.5 Å². The smallest absolute Gasteiger partial charge is 0.126 e. The van der Waals surface area contributed by atoms with Crippen LogP contribution >= 0.6 is 0 Å². The van der Waals surface area contributed by atoms with Gasteiger partial charge in [-0.25, -0.2) is 0 Å². The summed E-state index contributed by atoms with van der Waals surface area (Å²) in [5.41, 5.74) is 1.87. The van der Waals surface area contributed by atoms with Gasteiger partial charge >= 0.3 is 0 Å². The minimum atomic E-state index is -1.76. The fourth-order valence-electron chi connectivity index (χ4n) is 5.85. The van der Waals surface area contributed by atoms with E-state index in [9.17, 15) is 5.11 Å². The van der Waals surface area contributed by atoms with Crippen LogP contribution in [-0.2, 0) is 17.7 Å². The average Bonchev–Trinajstić information content (AvgIpc) is 2.85. The fraction of sp³-hybridized carbons (Fsp3) is 0.812. The first-order chi connectivity index (χ1) is 17.9. The van der Waals surface area contributed by atoms with Crippen LogP contribution in [-0.4, -0.2) is 41.9 Å². The van der Waals surface area contributed by atoms with Crippen molar-refractivity contribution in [2.45, 2.75) is 124 Å². The largest absolute Gasteiger partial charge is 0.508 e. The van der Waals surface area contributed by atoms with Crippen LogP contribution in [0.3, 0.4) is 0 Å². The Hall–Kier alpha value is -1.26. The Balaban J connectivity index is 1.53. The number of phenols is 1. The lowest BCUT2D eigenvalue weighted by Crippen LogP contribution is -2.38. The maximum Gasteiger partial charge on any atom is 0.126 e. The highest BCUT2D eigenvalue weighted by Crippen LogP contribution is 2.43. The third kappa shape index (κ3) is 8.94. The van der Waals surface area contributed by atoms with E-state index in [-0.39, 0.29) is 11.4 Å². The van der Waals surface area contributed by atoms with Crippen LogP contribution in [0.5, 0.6) is 11.5 Å². The molecule has 2 aliphatic heterocycles. The highest BCUT2D eigenvalue weighted by molar-refractivity contribution is 5.54. The first kappa shape index (κ1) is 26.4. The van der Waals surface area contributed by atoms with E-state index in [2.05, 4.69) is 34.6 Å². The van der Waals surface area contributed by atoms with Crippen molar-refractivity contribution in [1.29, 1.82) is 0 Å². The van der Waals surface area contributed by atoms with Crippen LogP contribution in [0, 0.1) is 24.7 Å². The molecule has 0 bridgehead atoms. The third-order valence-electron chi connectivity index (χ3n) is 8.35. The quantitative estimate of drug-likeness (QED) is 0.279. The van der Waals surface area contributed by atoms with E-state index < -0.39 is 6.50 Å². The molecule has 2 unspecified atom stereocenters. The number of hydrogen-bond acceptors (Lipinski definition) is 4. The van der Waals surface area contributed by atoms with Gasteiger partial charge in [-0.05, 0) is 68.9 Å². The van der Waals surface area contributed by atoms with Crippen molar-refractivity contribution in [3.63, 3.8) is 0 Å². The third-order valence-corrected chi connectivity index (χ3v) is 8.35. The monoisotopic (exact) mass is 503 g/mol. The summed E-state index contributed by atoms with van der Waals surface area (Å²) in [6.07, 6.45) is 13.1. The fourth-order valence-corrected chi connectivity index (χ4v) is 5.85. The standard InChI is InChI=1S/C32H55NO3/c1-24(2)10-7-11-25(3)12-8-13-26(4)14-9-16-32(6)17-15-28-29(23-33-18-20-35-21-19-33)30(34)22-27(5)31(28)36-32/h22,24-26,34H,7-21,23H2,1-6H3/t25?,26?,32-/m1/s1/i23D2. The van der Waals surface area contributed by atoms with Crippen molar-refractivity contribution in [2.24, 2.45) is 17.8 Å². The van der Waals surface area contributed by atoms with Crippen LogP contribution in [0.25, 0.3) is 0 Å². The number of benzene rings is 1. The maximum atomic E-state index is 10.9. The summed E-state index contributed by atoms with van der Waals surface area (Å²) in [4.78, 5) is 1.78. The molecule has 1 N–H and O–H groups in total. The number of fused-ring (bicyclic) bond motifs is 1. The van der Waals surface area contributed by atoms with E-state index >= 15 is 0 Å².